The van der Waals surface area contributed by atoms with E-state index >= 15 is 0 Å². The second-order valence-electron chi connectivity index (χ2n) is 7.49. The van der Waals surface area contributed by atoms with Crippen LogP contribution >= 0.6 is 0 Å². The predicted molar refractivity (Wildman–Crippen MR) is 110 cm³/mol. The van der Waals surface area contributed by atoms with Crippen LogP contribution in [-0.4, -0.2) is 63.9 Å². The van der Waals surface area contributed by atoms with Gasteiger partial charge in [-0.25, -0.2) is 17.7 Å². The molecule has 0 radical (unpaired) electrons. The SMILES string of the molecule is COc1ccccc1N1C(=O)C[C@@H]([NH+]2CCN(S(=O)(=O)c3ccccc3F)CC2)C1=O. The first-order valence-electron chi connectivity index (χ1n) is 9.93. The number of carbonyl (C=O) groups is 2. The van der Waals surface area contributed by atoms with Crippen molar-refractivity contribution in [2.24, 2.45) is 0 Å². The van der Waals surface area contributed by atoms with E-state index in [1.807, 2.05) is 0 Å². The van der Waals surface area contributed by atoms with Crippen LogP contribution < -0.4 is 14.5 Å². The third-order valence-electron chi connectivity index (χ3n) is 5.78. The molecular weight excluding hydrogens is 425 g/mol. The van der Waals surface area contributed by atoms with Gasteiger partial charge in [-0.1, -0.05) is 24.3 Å². The van der Waals surface area contributed by atoms with Gasteiger partial charge in [0.25, 0.3) is 5.91 Å². The number of quaternary nitrogens is 1. The Morgan fingerprint density at radius 3 is 2.35 bits per heavy atom. The van der Waals surface area contributed by atoms with Gasteiger partial charge in [-0.3, -0.25) is 9.59 Å². The Morgan fingerprint density at radius 1 is 1.03 bits per heavy atom. The summed E-state index contributed by atoms with van der Waals surface area (Å²) in [4.78, 5) is 27.4. The van der Waals surface area contributed by atoms with E-state index in [2.05, 4.69) is 0 Å². The molecule has 4 rings (SSSR count). The van der Waals surface area contributed by atoms with E-state index in [4.69, 9.17) is 4.74 Å². The zero-order valence-electron chi connectivity index (χ0n) is 17.0. The summed E-state index contributed by atoms with van der Waals surface area (Å²) in [6.45, 7) is 0.964. The van der Waals surface area contributed by atoms with Gasteiger partial charge in [0.1, 0.15) is 16.5 Å². The summed E-state index contributed by atoms with van der Waals surface area (Å²) in [6, 6.07) is 11.5. The highest BCUT2D eigenvalue weighted by molar-refractivity contribution is 7.89. The monoisotopic (exact) mass is 448 g/mol. The molecule has 2 aromatic rings. The number of methoxy groups -OCH3 is 1. The number of benzene rings is 2. The van der Waals surface area contributed by atoms with Gasteiger partial charge in [-0.05, 0) is 24.3 Å². The van der Waals surface area contributed by atoms with Crippen LogP contribution in [-0.2, 0) is 19.6 Å². The van der Waals surface area contributed by atoms with E-state index in [0.717, 1.165) is 15.9 Å². The lowest BCUT2D eigenvalue weighted by molar-refractivity contribution is -0.918. The normalized spacial score (nSPS) is 21.0. The second kappa shape index (κ2) is 8.37. The van der Waals surface area contributed by atoms with Gasteiger partial charge in [0.2, 0.25) is 15.9 Å². The zero-order valence-corrected chi connectivity index (χ0v) is 17.8. The van der Waals surface area contributed by atoms with Crippen LogP contribution in [0.1, 0.15) is 6.42 Å². The number of para-hydroxylation sites is 2. The molecule has 0 aromatic heterocycles. The quantitative estimate of drug-likeness (QED) is 0.654. The molecule has 2 aliphatic heterocycles. The fourth-order valence-electron chi connectivity index (χ4n) is 4.17. The topological polar surface area (TPSA) is 88.4 Å². The van der Waals surface area contributed by atoms with E-state index < -0.39 is 21.9 Å². The highest BCUT2D eigenvalue weighted by Gasteiger charge is 2.48. The largest absolute Gasteiger partial charge is 0.495 e. The summed E-state index contributed by atoms with van der Waals surface area (Å²) in [5.41, 5.74) is 0.405. The van der Waals surface area contributed by atoms with Crippen molar-refractivity contribution in [3.05, 3.63) is 54.3 Å². The molecule has 2 amide bonds. The third kappa shape index (κ3) is 3.82. The Morgan fingerprint density at radius 2 is 1.68 bits per heavy atom. The molecule has 1 atom stereocenters. The highest BCUT2D eigenvalue weighted by atomic mass is 32.2. The minimum atomic E-state index is -3.96. The van der Waals surface area contributed by atoms with Crippen LogP contribution in [0.3, 0.4) is 0 Å². The summed E-state index contributed by atoms with van der Waals surface area (Å²) in [6.07, 6.45) is 0.0479. The molecule has 0 spiro atoms. The number of imide groups is 1. The predicted octanol–water partition coefficient (Wildman–Crippen LogP) is 0.0556. The zero-order chi connectivity index (χ0) is 22.2. The molecule has 2 saturated heterocycles. The van der Waals surface area contributed by atoms with Crippen LogP contribution in [0.25, 0.3) is 0 Å². The number of nitrogens with zero attached hydrogens (tertiary/aromatic N) is 2. The summed E-state index contributed by atoms with van der Waals surface area (Å²) in [5.74, 6) is -0.995. The molecule has 0 saturated carbocycles. The van der Waals surface area contributed by atoms with Crippen molar-refractivity contribution in [2.45, 2.75) is 17.4 Å². The first kappa shape index (κ1) is 21.4. The fourth-order valence-corrected chi connectivity index (χ4v) is 5.68. The Balaban J connectivity index is 1.48. The Bertz CT molecular complexity index is 1120. The summed E-state index contributed by atoms with van der Waals surface area (Å²) in [7, 11) is -2.49. The molecule has 2 aliphatic rings. The second-order valence-corrected chi connectivity index (χ2v) is 9.40. The van der Waals surface area contributed by atoms with Gasteiger partial charge in [0.05, 0.1) is 45.4 Å². The Hall–Kier alpha value is -2.82. The molecular formula is C21H23FN3O5S+. The summed E-state index contributed by atoms with van der Waals surface area (Å²) >= 11 is 0. The van der Waals surface area contributed by atoms with Crippen molar-refractivity contribution in [1.82, 2.24) is 4.31 Å². The van der Waals surface area contributed by atoms with E-state index in [1.54, 1.807) is 24.3 Å². The lowest BCUT2D eigenvalue weighted by Crippen LogP contribution is -3.19. The lowest BCUT2D eigenvalue weighted by atomic mass is 10.2. The van der Waals surface area contributed by atoms with Crippen LogP contribution in [0.2, 0.25) is 0 Å². The van der Waals surface area contributed by atoms with E-state index in [1.165, 1.54) is 29.6 Å². The molecule has 2 fully saturated rings. The molecule has 1 N–H and O–H groups in total. The van der Waals surface area contributed by atoms with E-state index in [9.17, 15) is 22.4 Å². The maximum atomic E-state index is 14.0. The van der Waals surface area contributed by atoms with Gasteiger partial charge in [-0.15, -0.1) is 0 Å². The van der Waals surface area contributed by atoms with Crippen LogP contribution in [0.5, 0.6) is 5.75 Å². The smallest absolute Gasteiger partial charge is 0.292 e. The number of nitrogens with one attached hydrogen (secondary N) is 1. The highest BCUT2D eigenvalue weighted by Crippen LogP contribution is 2.31. The van der Waals surface area contributed by atoms with Crippen molar-refractivity contribution in [1.29, 1.82) is 0 Å². The number of piperazine rings is 1. The molecule has 8 nitrogen and oxygen atoms in total. The maximum absolute atomic E-state index is 14.0. The first-order valence-corrected chi connectivity index (χ1v) is 11.4. The number of carbonyl (C=O) groups excluding carboxylic acids is 2. The number of anilines is 1. The van der Waals surface area contributed by atoms with Gasteiger partial charge in [0, 0.05) is 0 Å². The molecule has 2 heterocycles. The van der Waals surface area contributed by atoms with Crippen LogP contribution in [0, 0.1) is 5.82 Å². The number of sulfonamides is 1. The average Bonchev–Trinajstić information content (AvgIpc) is 3.07. The average molecular weight is 448 g/mol. The minimum absolute atomic E-state index is 0.0479. The molecule has 31 heavy (non-hydrogen) atoms. The molecule has 0 bridgehead atoms. The molecule has 2 aromatic carbocycles. The van der Waals surface area contributed by atoms with Crippen LogP contribution in [0.15, 0.2) is 53.4 Å². The van der Waals surface area contributed by atoms with Gasteiger partial charge in [0.15, 0.2) is 6.04 Å². The minimum Gasteiger partial charge on any atom is -0.495 e. The first-order chi connectivity index (χ1) is 14.8. The molecule has 0 aliphatic carbocycles. The number of hydrogen-bond acceptors (Lipinski definition) is 5. The number of ether oxygens (including phenoxy) is 1. The van der Waals surface area contributed by atoms with Crippen molar-refractivity contribution in [3.63, 3.8) is 0 Å². The number of halogens is 1. The van der Waals surface area contributed by atoms with Crippen molar-refractivity contribution < 1.29 is 32.0 Å². The van der Waals surface area contributed by atoms with Gasteiger partial charge < -0.3 is 9.64 Å². The van der Waals surface area contributed by atoms with Gasteiger partial charge >= 0.3 is 0 Å². The fraction of sp³-hybridized carbons (Fsp3) is 0.333. The van der Waals surface area contributed by atoms with Crippen LogP contribution in [0.4, 0.5) is 10.1 Å². The number of rotatable bonds is 5. The van der Waals surface area contributed by atoms with Gasteiger partial charge in [-0.2, -0.15) is 4.31 Å². The van der Waals surface area contributed by atoms with E-state index in [-0.39, 0.29) is 36.2 Å². The van der Waals surface area contributed by atoms with Crippen molar-refractivity contribution in [2.75, 3.05) is 38.2 Å². The maximum Gasteiger partial charge on any atom is 0.292 e. The van der Waals surface area contributed by atoms with Crippen molar-refractivity contribution in [3.8, 4) is 5.75 Å². The Kier molecular flexibility index (Phi) is 5.78. The Labute approximate surface area is 179 Å². The summed E-state index contributed by atoms with van der Waals surface area (Å²) in [5, 5.41) is 0. The standard InChI is InChI=1S/C21H22FN3O5S/c1-30-18-8-4-3-7-16(18)25-20(26)14-17(21(25)27)23-10-12-24(13-11-23)31(28,29)19-9-5-2-6-15(19)22/h2-9,17H,10-14H2,1H3/p+1/t17-/m1/s1. The third-order valence-corrected chi connectivity index (χ3v) is 7.72. The lowest BCUT2D eigenvalue weighted by Gasteiger charge is -2.33. The summed E-state index contributed by atoms with van der Waals surface area (Å²) < 4.78 is 46.1. The molecule has 0 unspecified atom stereocenters. The number of hydrogen-bond donors (Lipinski definition) is 1. The molecule has 164 valence electrons. The van der Waals surface area contributed by atoms with E-state index in [0.29, 0.717) is 24.5 Å². The van der Waals surface area contributed by atoms with Crippen molar-refractivity contribution >= 4 is 27.5 Å². The number of amides is 2. The molecule has 10 heteroatoms.